The van der Waals surface area contributed by atoms with Crippen LogP contribution in [0.25, 0.3) is 121 Å². The number of fused-ring (bicyclic) bond motifs is 8. The van der Waals surface area contributed by atoms with E-state index in [1.54, 1.807) is 0 Å². The summed E-state index contributed by atoms with van der Waals surface area (Å²) in [5.41, 5.74) is 9.01. The van der Waals surface area contributed by atoms with Gasteiger partial charge in [0.25, 0.3) is 0 Å². The Morgan fingerprint density at radius 3 is 1.58 bits per heavy atom. The highest BCUT2D eigenvalue weighted by Gasteiger charge is 2.19. The molecule has 2 aromatic heterocycles. The molecule has 0 amide bonds. The van der Waals surface area contributed by atoms with Crippen molar-refractivity contribution in [1.29, 1.82) is 0 Å². The first-order valence-electron chi connectivity index (χ1n) is 19.9. The first kappa shape index (κ1) is 33.2. The molecule has 274 valence electrons. The van der Waals surface area contributed by atoms with Gasteiger partial charge in [0.05, 0.1) is 0 Å². The van der Waals surface area contributed by atoms with Crippen molar-refractivity contribution in [3.8, 4) is 56.4 Å². The van der Waals surface area contributed by atoms with Crippen molar-refractivity contribution in [3.63, 3.8) is 0 Å². The number of aromatic nitrogens is 3. The van der Waals surface area contributed by atoms with E-state index in [1.165, 1.54) is 43.4 Å². The highest BCUT2D eigenvalue weighted by molar-refractivity contribution is 6.15. The normalized spacial score (nSPS) is 11.7. The molecular weight excluding hydrogens is 719 g/mol. The summed E-state index contributed by atoms with van der Waals surface area (Å²) in [6.07, 6.45) is 0. The lowest BCUT2D eigenvalue weighted by Crippen LogP contribution is -2.00. The maximum atomic E-state index is 6.60. The lowest BCUT2D eigenvalue weighted by atomic mass is 9.93. The van der Waals surface area contributed by atoms with E-state index >= 15 is 0 Å². The minimum absolute atomic E-state index is 0.593. The molecule has 0 aliphatic heterocycles. The fraction of sp³-hybridized carbons (Fsp3) is 0. The van der Waals surface area contributed by atoms with Gasteiger partial charge in [-0.1, -0.05) is 164 Å². The Morgan fingerprint density at radius 1 is 0.271 bits per heavy atom. The number of benzene rings is 10. The first-order valence-corrected chi connectivity index (χ1v) is 19.9. The zero-order valence-electron chi connectivity index (χ0n) is 31.8. The molecule has 4 nitrogen and oxygen atoms in total. The fourth-order valence-corrected chi connectivity index (χ4v) is 8.76. The standard InChI is InChI=1S/C55H33N3O/c1-2-12-36(13-3-1)45-17-8-16-37-22-24-42-32-44(27-28-46(42)51(37)45)54-56-53(43-25-21-35-11-5-7-15-39(35)31-43)57-55(58-54)48-18-9-19-49-52(48)47-29-26-41(33-50(47)59-49)40-23-20-34-10-4-6-14-38(34)30-40/h1-33H. The van der Waals surface area contributed by atoms with Gasteiger partial charge in [0.2, 0.25) is 0 Å². The summed E-state index contributed by atoms with van der Waals surface area (Å²) >= 11 is 0. The van der Waals surface area contributed by atoms with Crippen LogP contribution in [0.5, 0.6) is 0 Å². The number of nitrogens with zero attached hydrogens (tertiary/aromatic N) is 3. The third-order valence-corrected chi connectivity index (χ3v) is 11.7. The average molecular weight is 752 g/mol. The number of furan rings is 1. The molecule has 0 radical (unpaired) electrons. The van der Waals surface area contributed by atoms with Crippen molar-refractivity contribution in [3.05, 3.63) is 200 Å². The molecule has 0 atom stereocenters. The Balaban J connectivity index is 1.04. The molecule has 0 unspecified atom stereocenters. The number of hydrogen-bond acceptors (Lipinski definition) is 4. The van der Waals surface area contributed by atoms with Crippen molar-refractivity contribution in [1.82, 2.24) is 15.0 Å². The monoisotopic (exact) mass is 751 g/mol. The van der Waals surface area contributed by atoms with Crippen LogP contribution in [0.2, 0.25) is 0 Å². The predicted molar refractivity (Wildman–Crippen MR) is 244 cm³/mol. The molecule has 2 heterocycles. The molecule has 0 saturated carbocycles. The van der Waals surface area contributed by atoms with Gasteiger partial charge < -0.3 is 4.42 Å². The van der Waals surface area contributed by atoms with Crippen molar-refractivity contribution in [2.75, 3.05) is 0 Å². The molecule has 0 aliphatic carbocycles. The van der Waals surface area contributed by atoms with Crippen LogP contribution in [0.1, 0.15) is 0 Å². The summed E-state index contributed by atoms with van der Waals surface area (Å²) < 4.78 is 6.60. The molecule has 0 fully saturated rings. The van der Waals surface area contributed by atoms with Gasteiger partial charge in [-0.2, -0.15) is 0 Å². The Kier molecular flexibility index (Phi) is 7.50. The van der Waals surface area contributed by atoms with E-state index in [4.69, 9.17) is 19.4 Å². The molecule has 0 N–H and O–H groups in total. The van der Waals surface area contributed by atoms with E-state index in [-0.39, 0.29) is 0 Å². The van der Waals surface area contributed by atoms with Crippen LogP contribution >= 0.6 is 0 Å². The summed E-state index contributed by atoms with van der Waals surface area (Å²) in [5.74, 6) is 1.82. The van der Waals surface area contributed by atoms with Gasteiger partial charge in [-0.05, 0) is 102 Å². The van der Waals surface area contributed by atoms with Crippen LogP contribution in [0.3, 0.4) is 0 Å². The molecule has 0 spiro atoms. The maximum absolute atomic E-state index is 6.60. The van der Waals surface area contributed by atoms with Crippen LogP contribution in [-0.4, -0.2) is 15.0 Å². The van der Waals surface area contributed by atoms with E-state index in [2.05, 4.69) is 188 Å². The van der Waals surface area contributed by atoms with E-state index in [0.29, 0.717) is 17.5 Å². The van der Waals surface area contributed by atoms with Crippen LogP contribution in [0.4, 0.5) is 0 Å². The number of rotatable bonds is 5. The van der Waals surface area contributed by atoms with Crippen molar-refractivity contribution < 1.29 is 4.42 Å². The zero-order chi connectivity index (χ0) is 38.9. The third-order valence-electron chi connectivity index (χ3n) is 11.7. The van der Waals surface area contributed by atoms with Crippen molar-refractivity contribution in [2.24, 2.45) is 0 Å². The molecular formula is C55H33N3O. The van der Waals surface area contributed by atoms with Gasteiger partial charge in [0.15, 0.2) is 17.5 Å². The smallest absolute Gasteiger partial charge is 0.164 e. The minimum atomic E-state index is 0.593. The fourth-order valence-electron chi connectivity index (χ4n) is 8.76. The quantitative estimate of drug-likeness (QED) is 0.164. The summed E-state index contributed by atoms with van der Waals surface area (Å²) in [4.78, 5) is 15.7. The van der Waals surface area contributed by atoms with E-state index in [1.807, 2.05) is 12.1 Å². The second kappa shape index (κ2) is 13.3. The molecule has 0 bridgehead atoms. The highest BCUT2D eigenvalue weighted by atomic mass is 16.3. The van der Waals surface area contributed by atoms with Crippen molar-refractivity contribution >= 4 is 65.0 Å². The van der Waals surface area contributed by atoms with Crippen LogP contribution in [0.15, 0.2) is 205 Å². The molecule has 12 rings (SSSR count). The zero-order valence-corrected chi connectivity index (χ0v) is 31.8. The van der Waals surface area contributed by atoms with Gasteiger partial charge in [0.1, 0.15) is 11.2 Å². The molecule has 4 heteroatoms. The molecule has 12 aromatic rings. The maximum Gasteiger partial charge on any atom is 0.164 e. The van der Waals surface area contributed by atoms with Crippen LogP contribution in [-0.2, 0) is 0 Å². The number of hydrogen-bond donors (Lipinski definition) is 0. The molecule has 0 aliphatic rings. The summed E-state index contributed by atoms with van der Waals surface area (Å²) in [6, 6.07) is 70.6. The van der Waals surface area contributed by atoms with Gasteiger partial charge in [-0.25, -0.2) is 15.0 Å². The van der Waals surface area contributed by atoms with Gasteiger partial charge in [-0.3, -0.25) is 0 Å². The molecule has 59 heavy (non-hydrogen) atoms. The Bertz CT molecular complexity index is 3620. The predicted octanol–water partition coefficient (Wildman–Crippen LogP) is 14.7. The lowest BCUT2D eigenvalue weighted by Gasteiger charge is -2.13. The van der Waals surface area contributed by atoms with Crippen LogP contribution < -0.4 is 0 Å². The molecule has 10 aromatic carbocycles. The SMILES string of the molecule is c1ccc(-c2cccc3ccc4cc(-c5nc(-c6ccc7ccccc7c6)nc(-c6cccc7oc8cc(-c9ccc%10ccccc%10c9)ccc8c67)n5)ccc4c23)cc1. The Morgan fingerprint density at radius 2 is 0.797 bits per heavy atom. The Hall–Kier alpha value is -7.95. The van der Waals surface area contributed by atoms with Gasteiger partial charge in [-0.15, -0.1) is 0 Å². The van der Waals surface area contributed by atoms with Crippen molar-refractivity contribution in [2.45, 2.75) is 0 Å². The Labute approximate surface area is 339 Å². The third kappa shape index (κ3) is 5.65. The summed E-state index contributed by atoms with van der Waals surface area (Å²) in [7, 11) is 0. The molecule has 0 saturated heterocycles. The van der Waals surface area contributed by atoms with E-state index in [9.17, 15) is 0 Å². The lowest BCUT2D eigenvalue weighted by molar-refractivity contribution is 0.669. The van der Waals surface area contributed by atoms with E-state index < -0.39 is 0 Å². The second-order valence-corrected chi connectivity index (χ2v) is 15.2. The summed E-state index contributed by atoms with van der Waals surface area (Å²) in [6.45, 7) is 0. The van der Waals surface area contributed by atoms with E-state index in [0.717, 1.165) is 60.5 Å². The minimum Gasteiger partial charge on any atom is -0.456 e. The summed E-state index contributed by atoms with van der Waals surface area (Å²) in [5, 5.41) is 11.5. The van der Waals surface area contributed by atoms with Crippen LogP contribution in [0, 0.1) is 0 Å². The average Bonchev–Trinajstić information content (AvgIpc) is 3.69. The highest BCUT2D eigenvalue weighted by Crippen LogP contribution is 2.40. The second-order valence-electron chi connectivity index (χ2n) is 15.2. The van der Waals surface area contributed by atoms with Gasteiger partial charge in [0, 0.05) is 27.5 Å². The topological polar surface area (TPSA) is 51.8 Å². The van der Waals surface area contributed by atoms with Gasteiger partial charge >= 0.3 is 0 Å². The first-order chi connectivity index (χ1) is 29.2. The largest absolute Gasteiger partial charge is 0.456 e.